The predicted octanol–water partition coefficient (Wildman–Crippen LogP) is 4.08. The number of hydrogen-bond acceptors (Lipinski definition) is 6. The Morgan fingerprint density at radius 1 is 0.833 bits per heavy atom. The summed E-state index contributed by atoms with van der Waals surface area (Å²) in [4.78, 5) is 42.4. The van der Waals surface area contributed by atoms with E-state index in [1.807, 2.05) is 12.1 Å². The lowest BCUT2D eigenvalue weighted by Gasteiger charge is -2.22. The largest absolute Gasteiger partial charge is 0.497 e. The van der Waals surface area contributed by atoms with Crippen molar-refractivity contribution in [1.29, 1.82) is 0 Å². The van der Waals surface area contributed by atoms with Crippen molar-refractivity contribution in [2.75, 3.05) is 31.5 Å². The van der Waals surface area contributed by atoms with E-state index in [0.29, 0.717) is 28.6 Å². The molecule has 1 aliphatic heterocycles. The molecule has 36 heavy (non-hydrogen) atoms. The number of methoxy groups -OCH3 is 3. The van der Waals surface area contributed by atoms with Crippen molar-refractivity contribution in [3.63, 3.8) is 0 Å². The van der Waals surface area contributed by atoms with Gasteiger partial charge in [0, 0.05) is 18.3 Å². The van der Waals surface area contributed by atoms with Crippen LogP contribution < -0.4 is 24.4 Å². The zero-order valence-corrected chi connectivity index (χ0v) is 20.3. The lowest BCUT2D eigenvalue weighted by atomic mass is 10.1. The second kappa shape index (κ2) is 10.8. The molecule has 4 rings (SSSR count). The Balaban J connectivity index is 1.59. The molecule has 9 nitrogen and oxygen atoms in total. The summed E-state index contributed by atoms with van der Waals surface area (Å²) in [5.74, 6) is 0.973. The Kier molecular flexibility index (Phi) is 7.39. The highest BCUT2D eigenvalue weighted by Crippen LogP contribution is 2.31. The first kappa shape index (κ1) is 24.6. The molecule has 9 heteroatoms. The molecule has 3 aromatic carbocycles. The molecule has 1 fully saturated rings. The summed E-state index contributed by atoms with van der Waals surface area (Å²) in [7, 11) is 4.64. The molecule has 1 aliphatic rings. The van der Waals surface area contributed by atoms with Crippen LogP contribution in [0.1, 0.15) is 12.0 Å². The Bertz CT molecular complexity index is 1240. The minimum atomic E-state index is -0.982. The van der Waals surface area contributed by atoms with Gasteiger partial charge in [0.25, 0.3) is 5.91 Å². The summed E-state index contributed by atoms with van der Waals surface area (Å²) >= 11 is 0. The maximum absolute atomic E-state index is 13.5. The molecule has 1 heterocycles. The van der Waals surface area contributed by atoms with Crippen LogP contribution in [0.25, 0.3) is 0 Å². The van der Waals surface area contributed by atoms with Gasteiger partial charge in [-0.1, -0.05) is 18.2 Å². The van der Waals surface area contributed by atoms with Gasteiger partial charge in [-0.25, -0.2) is 9.69 Å². The normalized spacial score (nSPS) is 15.1. The molecule has 186 valence electrons. The molecule has 0 saturated carbocycles. The van der Waals surface area contributed by atoms with Crippen LogP contribution in [0.15, 0.2) is 72.8 Å². The maximum atomic E-state index is 13.5. The third-order valence-electron chi connectivity index (χ3n) is 5.89. The van der Waals surface area contributed by atoms with Crippen LogP contribution in [0, 0.1) is 0 Å². The zero-order valence-electron chi connectivity index (χ0n) is 20.3. The second-order valence-electron chi connectivity index (χ2n) is 8.13. The highest BCUT2D eigenvalue weighted by molar-refractivity contribution is 6.22. The van der Waals surface area contributed by atoms with Gasteiger partial charge in [0.15, 0.2) is 0 Å². The van der Waals surface area contributed by atoms with Crippen molar-refractivity contribution in [1.82, 2.24) is 4.90 Å². The van der Waals surface area contributed by atoms with Gasteiger partial charge in [0.2, 0.25) is 5.91 Å². The van der Waals surface area contributed by atoms with Gasteiger partial charge >= 0.3 is 6.03 Å². The SMILES string of the molecule is COc1ccc(CN2C(=O)N(c3cccc(OC)c3)C(=O)[C@H]2CC(=O)Nc2ccc(OC)cc2)cc1. The number of imide groups is 1. The van der Waals surface area contributed by atoms with Crippen molar-refractivity contribution in [2.45, 2.75) is 19.0 Å². The average Bonchev–Trinajstić information content (AvgIpc) is 3.13. The number of ether oxygens (including phenoxy) is 3. The zero-order chi connectivity index (χ0) is 25.7. The Morgan fingerprint density at radius 3 is 2.06 bits per heavy atom. The van der Waals surface area contributed by atoms with E-state index in [-0.39, 0.29) is 13.0 Å². The van der Waals surface area contributed by atoms with E-state index in [4.69, 9.17) is 14.2 Å². The van der Waals surface area contributed by atoms with Crippen LogP contribution in [-0.2, 0) is 16.1 Å². The van der Waals surface area contributed by atoms with Crippen LogP contribution >= 0.6 is 0 Å². The Labute approximate surface area is 209 Å². The minimum absolute atomic E-state index is 0.148. The first-order valence-electron chi connectivity index (χ1n) is 11.3. The van der Waals surface area contributed by atoms with E-state index in [0.717, 1.165) is 10.5 Å². The summed E-state index contributed by atoms with van der Waals surface area (Å²) in [6.45, 7) is 0.148. The van der Waals surface area contributed by atoms with Crippen LogP contribution in [0.5, 0.6) is 17.2 Å². The topological polar surface area (TPSA) is 97.4 Å². The third-order valence-corrected chi connectivity index (χ3v) is 5.89. The minimum Gasteiger partial charge on any atom is -0.497 e. The van der Waals surface area contributed by atoms with Crippen LogP contribution in [0.3, 0.4) is 0 Å². The first-order valence-corrected chi connectivity index (χ1v) is 11.3. The fourth-order valence-electron chi connectivity index (χ4n) is 3.99. The fourth-order valence-corrected chi connectivity index (χ4v) is 3.99. The van der Waals surface area contributed by atoms with Gasteiger partial charge in [0.05, 0.1) is 33.4 Å². The molecular formula is C27H27N3O6. The van der Waals surface area contributed by atoms with Gasteiger partial charge in [0.1, 0.15) is 23.3 Å². The highest BCUT2D eigenvalue weighted by Gasteiger charge is 2.46. The summed E-state index contributed by atoms with van der Waals surface area (Å²) in [5.41, 5.74) is 1.73. The number of anilines is 2. The highest BCUT2D eigenvalue weighted by atomic mass is 16.5. The Morgan fingerprint density at radius 2 is 1.44 bits per heavy atom. The van der Waals surface area contributed by atoms with E-state index in [1.54, 1.807) is 74.9 Å². The number of nitrogens with zero attached hydrogens (tertiary/aromatic N) is 2. The van der Waals surface area contributed by atoms with Gasteiger partial charge in [-0.05, 0) is 54.1 Å². The number of hydrogen-bond donors (Lipinski definition) is 1. The van der Waals surface area contributed by atoms with Crippen LogP contribution in [0.4, 0.5) is 16.2 Å². The van der Waals surface area contributed by atoms with Crippen molar-refractivity contribution < 1.29 is 28.6 Å². The lowest BCUT2D eigenvalue weighted by molar-refractivity contribution is -0.124. The number of urea groups is 1. The maximum Gasteiger partial charge on any atom is 0.332 e. The van der Waals surface area contributed by atoms with Gasteiger partial charge in [-0.2, -0.15) is 0 Å². The molecule has 0 spiro atoms. The van der Waals surface area contributed by atoms with E-state index >= 15 is 0 Å². The van der Waals surface area contributed by atoms with Gasteiger partial charge in [-0.3, -0.25) is 9.59 Å². The quantitative estimate of drug-likeness (QED) is 0.455. The molecule has 4 amide bonds. The predicted molar refractivity (Wildman–Crippen MR) is 134 cm³/mol. The summed E-state index contributed by atoms with van der Waals surface area (Å²) in [6.07, 6.45) is -0.201. The molecule has 0 aliphatic carbocycles. The van der Waals surface area contributed by atoms with E-state index in [1.165, 1.54) is 12.0 Å². The van der Waals surface area contributed by atoms with Crippen molar-refractivity contribution in [3.05, 3.63) is 78.4 Å². The average molecular weight is 490 g/mol. The number of carbonyl (C=O) groups is 3. The van der Waals surface area contributed by atoms with Crippen molar-refractivity contribution in [2.24, 2.45) is 0 Å². The molecule has 1 N–H and O–H groups in total. The molecule has 1 saturated heterocycles. The number of carbonyl (C=O) groups excluding carboxylic acids is 3. The number of benzene rings is 3. The van der Waals surface area contributed by atoms with Gasteiger partial charge < -0.3 is 24.4 Å². The first-order chi connectivity index (χ1) is 17.4. The Hall–Kier alpha value is -4.53. The standard InChI is InChI=1S/C27H27N3O6/c1-34-21-11-7-18(8-12-21)17-29-24(16-25(31)28-19-9-13-22(35-2)14-10-19)26(32)30(27(29)33)20-5-4-6-23(15-20)36-3/h4-15,24H,16-17H2,1-3H3,(H,28,31)/t24-/m1/s1. The second-order valence-corrected chi connectivity index (χ2v) is 8.13. The van der Waals surface area contributed by atoms with Crippen LogP contribution in [0.2, 0.25) is 0 Å². The smallest absolute Gasteiger partial charge is 0.332 e. The lowest BCUT2D eigenvalue weighted by Crippen LogP contribution is -2.37. The summed E-state index contributed by atoms with van der Waals surface area (Å²) in [5, 5.41) is 2.79. The molecule has 3 aromatic rings. The van der Waals surface area contributed by atoms with Crippen molar-refractivity contribution in [3.8, 4) is 17.2 Å². The summed E-state index contributed by atoms with van der Waals surface area (Å²) in [6, 6.07) is 19.3. The monoisotopic (exact) mass is 489 g/mol. The molecule has 0 bridgehead atoms. The fraction of sp³-hybridized carbons (Fsp3) is 0.222. The number of amides is 4. The van der Waals surface area contributed by atoms with Gasteiger partial charge in [-0.15, -0.1) is 0 Å². The summed E-state index contributed by atoms with van der Waals surface area (Å²) < 4.78 is 15.6. The van der Waals surface area contributed by atoms with Crippen LogP contribution in [-0.4, -0.2) is 50.1 Å². The molecule has 0 unspecified atom stereocenters. The molecule has 0 radical (unpaired) electrons. The van der Waals surface area contributed by atoms with E-state index in [2.05, 4.69) is 5.32 Å². The van der Waals surface area contributed by atoms with E-state index in [9.17, 15) is 14.4 Å². The molecule has 1 atom stereocenters. The molecular weight excluding hydrogens is 462 g/mol. The number of rotatable bonds is 9. The third kappa shape index (κ3) is 5.25. The van der Waals surface area contributed by atoms with Crippen molar-refractivity contribution >= 4 is 29.2 Å². The molecule has 0 aromatic heterocycles. The number of nitrogens with one attached hydrogen (secondary N) is 1. The van der Waals surface area contributed by atoms with E-state index < -0.39 is 23.9 Å².